The zero-order valence-electron chi connectivity index (χ0n) is 31.0. The van der Waals surface area contributed by atoms with E-state index in [0.717, 1.165) is 5.56 Å². The molecule has 1 aliphatic rings. The van der Waals surface area contributed by atoms with E-state index in [9.17, 15) is 24.0 Å². The summed E-state index contributed by atoms with van der Waals surface area (Å²) in [6.07, 6.45) is 5.38. The second-order valence-electron chi connectivity index (χ2n) is 15.0. The lowest BCUT2D eigenvalue weighted by molar-refractivity contribution is -0.158. The second-order valence-corrected chi connectivity index (χ2v) is 15.0. The maximum atomic E-state index is 13.3. The van der Waals surface area contributed by atoms with E-state index in [1.54, 1.807) is 46.9 Å². The molecule has 0 bridgehead atoms. The van der Waals surface area contributed by atoms with Crippen LogP contribution in [0.2, 0.25) is 0 Å². The van der Waals surface area contributed by atoms with Crippen molar-refractivity contribution in [2.24, 2.45) is 11.8 Å². The van der Waals surface area contributed by atoms with Gasteiger partial charge in [0.2, 0.25) is 5.91 Å². The molecule has 0 aliphatic carbocycles. The number of amides is 2. The molecular formula is C37H53N5O8. The Morgan fingerprint density at radius 2 is 1.64 bits per heavy atom. The number of rotatable bonds is 12. The smallest absolute Gasteiger partial charge is 0.325 e. The first-order chi connectivity index (χ1) is 23.2. The third-order valence-electron chi connectivity index (χ3n) is 7.72. The lowest BCUT2D eigenvalue weighted by atomic mass is 9.91. The molecule has 2 heterocycles. The molecule has 274 valence electrons. The summed E-state index contributed by atoms with van der Waals surface area (Å²) in [5, 5.41) is 4.06. The van der Waals surface area contributed by atoms with E-state index in [1.807, 2.05) is 58.9 Å². The molecule has 2 aromatic rings. The van der Waals surface area contributed by atoms with E-state index in [0.29, 0.717) is 36.1 Å². The van der Waals surface area contributed by atoms with E-state index in [-0.39, 0.29) is 24.7 Å². The average Bonchev–Trinajstić information content (AvgIpc) is 3.01. The Morgan fingerprint density at radius 3 is 2.28 bits per heavy atom. The van der Waals surface area contributed by atoms with Crippen LogP contribution in [0.25, 0.3) is 17.1 Å². The summed E-state index contributed by atoms with van der Waals surface area (Å²) in [6.45, 7) is 18.0. The van der Waals surface area contributed by atoms with Crippen molar-refractivity contribution >= 4 is 46.8 Å². The fourth-order valence-corrected chi connectivity index (χ4v) is 5.26. The van der Waals surface area contributed by atoms with Crippen molar-refractivity contribution in [3.8, 4) is 0 Å². The lowest BCUT2D eigenvalue weighted by Gasteiger charge is -2.35. The molecule has 1 fully saturated rings. The third-order valence-corrected chi connectivity index (χ3v) is 7.72. The number of carbonyl (C=O) groups is 5. The van der Waals surface area contributed by atoms with Gasteiger partial charge in [-0.25, -0.2) is 10.4 Å². The van der Waals surface area contributed by atoms with Crippen molar-refractivity contribution < 1.29 is 38.2 Å². The minimum Gasteiger partial charge on any atom is -0.460 e. The van der Waals surface area contributed by atoms with Crippen LogP contribution in [0.4, 0.5) is 0 Å². The van der Waals surface area contributed by atoms with Crippen LogP contribution in [0.15, 0.2) is 30.5 Å². The zero-order chi connectivity index (χ0) is 37.4. The van der Waals surface area contributed by atoms with Gasteiger partial charge < -0.3 is 19.5 Å². The summed E-state index contributed by atoms with van der Waals surface area (Å²) in [6, 6.07) is 3.82. The summed E-state index contributed by atoms with van der Waals surface area (Å²) >= 11 is 0. The van der Waals surface area contributed by atoms with E-state index in [4.69, 9.17) is 14.2 Å². The van der Waals surface area contributed by atoms with Gasteiger partial charge in [0.1, 0.15) is 29.4 Å². The van der Waals surface area contributed by atoms with Crippen molar-refractivity contribution in [2.45, 2.75) is 124 Å². The molecule has 50 heavy (non-hydrogen) atoms. The number of nitrogens with zero attached hydrogens (tertiary/aromatic N) is 3. The normalized spacial score (nSPS) is 17.3. The van der Waals surface area contributed by atoms with Gasteiger partial charge in [-0.3, -0.25) is 34.0 Å². The first-order valence-electron chi connectivity index (χ1n) is 17.2. The Morgan fingerprint density at radius 1 is 0.980 bits per heavy atom. The molecule has 1 aromatic carbocycles. The topological polar surface area (TPSA) is 166 Å². The zero-order valence-corrected chi connectivity index (χ0v) is 31.0. The van der Waals surface area contributed by atoms with E-state index < -0.39 is 59.1 Å². The number of benzene rings is 1. The monoisotopic (exact) mass is 695 g/mol. The van der Waals surface area contributed by atoms with Gasteiger partial charge in [-0.15, -0.1) is 0 Å². The molecule has 0 unspecified atom stereocenters. The van der Waals surface area contributed by atoms with Crippen molar-refractivity contribution in [3.05, 3.63) is 41.7 Å². The largest absolute Gasteiger partial charge is 0.460 e. The van der Waals surface area contributed by atoms with Crippen molar-refractivity contribution in [1.29, 1.82) is 0 Å². The maximum Gasteiger partial charge on any atom is 0.325 e. The Hall–Kier alpha value is -4.39. The molecule has 1 aromatic heterocycles. The number of hydrogen-bond donors (Lipinski definition) is 2. The first-order valence-corrected chi connectivity index (χ1v) is 17.2. The van der Waals surface area contributed by atoms with Crippen LogP contribution >= 0.6 is 0 Å². The number of nitrogens with one attached hydrogen (secondary N) is 2. The highest BCUT2D eigenvalue weighted by Gasteiger charge is 2.34. The molecule has 0 radical (unpaired) electrons. The third kappa shape index (κ3) is 12.5. The molecule has 0 spiro atoms. The van der Waals surface area contributed by atoms with Crippen LogP contribution in [0.3, 0.4) is 0 Å². The van der Waals surface area contributed by atoms with Crippen molar-refractivity contribution in [2.75, 3.05) is 6.54 Å². The Bertz CT molecular complexity index is 1580. The predicted molar refractivity (Wildman–Crippen MR) is 188 cm³/mol. The summed E-state index contributed by atoms with van der Waals surface area (Å²) < 4.78 is 16.5. The fraction of sp³-hybridized carbons (Fsp3) is 0.595. The number of esters is 3. The summed E-state index contributed by atoms with van der Waals surface area (Å²) in [4.78, 5) is 73.2. The number of carbonyl (C=O) groups excluding carboxylic acids is 5. The van der Waals surface area contributed by atoms with Crippen molar-refractivity contribution in [1.82, 2.24) is 25.7 Å². The van der Waals surface area contributed by atoms with Gasteiger partial charge in [0.15, 0.2) is 0 Å². The van der Waals surface area contributed by atoms with Gasteiger partial charge in [0.05, 0.1) is 41.7 Å². The van der Waals surface area contributed by atoms with Gasteiger partial charge in [-0.1, -0.05) is 32.1 Å². The minimum absolute atomic E-state index is 0.106. The Labute approximate surface area is 294 Å². The molecule has 3 rings (SSSR count). The second kappa shape index (κ2) is 17.0. The molecule has 0 saturated carbocycles. The van der Waals surface area contributed by atoms with E-state index in [2.05, 4.69) is 20.7 Å². The molecule has 2 amide bonds. The van der Waals surface area contributed by atoms with Crippen LogP contribution in [0.1, 0.15) is 112 Å². The number of ether oxygens (including phenoxy) is 3. The van der Waals surface area contributed by atoms with Gasteiger partial charge in [0, 0.05) is 6.54 Å². The van der Waals surface area contributed by atoms with Crippen LogP contribution in [0, 0.1) is 11.8 Å². The first kappa shape index (κ1) is 40.0. The summed E-state index contributed by atoms with van der Waals surface area (Å²) in [5.74, 6) is -3.04. The van der Waals surface area contributed by atoms with Crippen LogP contribution in [-0.2, 0) is 38.2 Å². The van der Waals surface area contributed by atoms with Gasteiger partial charge in [-0.05, 0) is 91.8 Å². The highest BCUT2D eigenvalue weighted by Crippen LogP contribution is 2.22. The summed E-state index contributed by atoms with van der Waals surface area (Å²) in [5.41, 5.74) is 4.26. The molecule has 13 heteroatoms. The molecule has 2 N–H and O–H groups in total. The number of hydrazine groups is 1. The maximum absolute atomic E-state index is 13.3. The van der Waals surface area contributed by atoms with Gasteiger partial charge in [-0.2, -0.15) is 0 Å². The fourth-order valence-electron chi connectivity index (χ4n) is 5.26. The Balaban J connectivity index is 1.59. The molecule has 4 atom stereocenters. The summed E-state index contributed by atoms with van der Waals surface area (Å²) in [7, 11) is 0. The minimum atomic E-state index is -0.909. The van der Waals surface area contributed by atoms with E-state index in [1.165, 1.54) is 5.01 Å². The van der Waals surface area contributed by atoms with Crippen LogP contribution in [-0.4, -0.2) is 74.5 Å². The average molecular weight is 696 g/mol. The number of aromatic nitrogens is 2. The van der Waals surface area contributed by atoms with Crippen molar-refractivity contribution in [3.63, 3.8) is 0 Å². The molecular weight excluding hydrogens is 642 g/mol. The lowest BCUT2D eigenvalue weighted by Crippen LogP contribution is -2.59. The van der Waals surface area contributed by atoms with E-state index >= 15 is 0 Å². The standard InChI is InChI=1S/C37H53N5O8/c1-22(2)26(20-32(44)50-37(8,9)10)33(45)39-23(3)34(46)42-18-12-14-28(41-42)35(47)48-24(4)30-21-38-27-17-16-25(19-29(27)40-30)13-11-15-31(43)49-36(5,6)7/h11,13,16-17,19,21-24,26,28,41H,12,14-15,18,20H2,1-10H3,(H,39,45)/b13-11+/t23-,24+,26-,28-/m0/s1. The highest BCUT2D eigenvalue weighted by molar-refractivity contribution is 5.90. The number of fused-ring (bicyclic) bond motifs is 1. The molecule has 1 aliphatic heterocycles. The quantitative estimate of drug-likeness (QED) is 0.227. The molecule has 13 nitrogen and oxygen atoms in total. The van der Waals surface area contributed by atoms with Crippen LogP contribution in [0.5, 0.6) is 0 Å². The van der Waals surface area contributed by atoms with Gasteiger partial charge >= 0.3 is 17.9 Å². The van der Waals surface area contributed by atoms with Crippen LogP contribution < -0.4 is 10.7 Å². The Kier molecular flexibility index (Phi) is 13.6. The molecule has 1 saturated heterocycles. The SMILES string of the molecule is CC(C)[C@H](CC(=O)OC(C)(C)C)C(=O)N[C@@H](C)C(=O)N1CCC[C@@H](C(=O)O[C@H](C)c2cnc3ccc(/C=C/CC(=O)OC(C)(C)C)cc3n2)N1. The predicted octanol–water partition coefficient (Wildman–Crippen LogP) is 4.98. The highest BCUT2D eigenvalue weighted by atomic mass is 16.6. The van der Waals surface area contributed by atoms with Gasteiger partial charge in [0.25, 0.3) is 5.91 Å². The number of hydrogen-bond acceptors (Lipinski definition) is 11.